The summed E-state index contributed by atoms with van der Waals surface area (Å²) in [6, 6.07) is 5.65. The summed E-state index contributed by atoms with van der Waals surface area (Å²) in [5.74, 6) is 4.81. The molecule has 0 bridgehead atoms. The smallest absolute Gasteiger partial charge is 0.151 e. The predicted molar refractivity (Wildman–Crippen MR) is 72.9 cm³/mol. The van der Waals surface area contributed by atoms with Crippen LogP contribution in [0.2, 0.25) is 0 Å². The highest BCUT2D eigenvalue weighted by molar-refractivity contribution is 5.32. The van der Waals surface area contributed by atoms with Crippen LogP contribution in [0.5, 0.6) is 0 Å². The van der Waals surface area contributed by atoms with Gasteiger partial charge in [-0.05, 0) is 51.2 Å². The molecule has 0 saturated heterocycles. The lowest BCUT2D eigenvalue weighted by molar-refractivity contribution is 0.0849. The molecule has 3 nitrogen and oxygen atoms in total. The highest BCUT2D eigenvalue weighted by Gasteiger charge is 2.26. The number of aliphatic hydroxyl groups is 2. The Hall–Kier alpha value is -1.41. The van der Waals surface area contributed by atoms with E-state index in [1.54, 1.807) is 0 Å². The monoisotopic (exact) mass is 265 g/mol. The summed E-state index contributed by atoms with van der Waals surface area (Å²) in [5.41, 5.74) is -0.791. The maximum absolute atomic E-state index is 12.9. The molecule has 4 heteroatoms. The Bertz CT molecular complexity index is 447. The van der Waals surface area contributed by atoms with Gasteiger partial charge in [0.25, 0.3) is 0 Å². The molecule has 0 radical (unpaired) electrons. The molecule has 0 amide bonds. The molecule has 0 aliphatic carbocycles. The lowest BCUT2D eigenvalue weighted by Crippen LogP contribution is -2.26. The van der Waals surface area contributed by atoms with E-state index in [-0.39, 0.29) is 12.4 Å². The Balaban J connectivity index is 2.89. The van der Waals surface area contributed by atoms with Crippen LogP contribution < -0.4 is 0 Å². The highest BCUT2D eigenvalue weighted by atomic mass is 19.1. The first kappa shape index (κ1) is 15.6. The minimum atomic E-state index is -1.34. The predicted octanol–water partition coefficient (Wildman–Crippen LogP) is 1.35. The fourth-order valence-corrected chi connectivity index (χ4v) is 1.84. The van der Waals surface area contributed by atoms with Gasteiger partial charge in [-0.25, -0.2) is 4.39 Å². The van der Waals surface area contributed by atoms with E-state index in [1.165, 1.54) is 24.3 Å². The number of hydrogen-bond donors (Lipinski definition) is 2. The molecule has 0 aliphatic heterocycles. The summed E-state index contributed by atoms with van der Waals surface area (Å²) in [6.07, 6.45) is 1.19. The van der Waals surface area contributed by atoms with Crippen molar-refractivity contribution in [1.29, 1.82) is 0 Å². The second-order valence-corrected chi connectivity index (χ2v) is 4.73. The molecule has 2 N–H and O–H groups in total. The minimum Gasteiger partial charge on any atom is -0.384 e. The van der Waals surface area contributed by atoms with Crippen molar-refractivity contribution in [2.75, 3.05) is 27.2 Å². The molecule has 0 aliphatic rings. The second kappa shape index (κ2) is 7.25. The van der Waals surface area contributed by atoms with Crippen LogP contribution in [0.4, 0.5) is 4.39 Å². The molecule has 0 aromatic heterocycles. The Kier molecular flexibility index (Phi) is 5.97. The standard InChI is InChI=1S/C15H20FNO2/c1-17(2)11-3-9-15(19,10-4-12-18)13-5-7-14(16)8-6-13/h5-8,18-19H,3,9,11-12H2,1-2H3. The van der Waals surface area contributed by atoms with Crippen molar-refractivity contribution in [2.45, 2.75) is 18.4 Å². The third-order valence-electron chi connectivity index (χ3n) is 2.84. The Morgan fingerprint density at radius 2 is 1.89 bits per heavy atom. The maximum Gasteiger partial charge on any atom is 0.151 e. The first-order valence-corrected chi connectivity index (χ1v) is 6.22. The van der Waals surface area contributed by atoms with Gasteiger partial charge in [0.1, 0.15) is 12.4 Å². The van der Waals surface area contributed by atoms with E-state index in [1.807, 2.05) is 19.0 Å². The molecule has 0 saturated carbocycles. The summed E-state index contributed by atoms with van der Waals surface area (Å²) in [6.45, 7) is 0.515. The van der Waals surface area contributed by atoms with Crippen LogP contribution in [0.1, 0.15) is 18.4 Å². The van der Waals surface area contributed by atoms with Crippen molar-refractivity contribution in [3.63, 3.8) is 0 Å². The van der Waals surface area contributed by atoms with Crippen molar-refractivity contribution in [3.05, 3.63) is 35.6 Å². The second-order valence-electron chi connectivity index (χ2n) is 4.73. The molecule has 19 heavy (non-hydrogen) atoms. The SMILES string of the molecule is CN(C)CCCC(O)(C#CCO)c1ccc(F)cc1. The van der Waals surface area contributed by atoms with Gasteiger partial charge in [0.15, 0.2) is 5.60 Å². The van der Waals surface area contributed by atoms with Gasteiger partial charge in [-0.1, -0.05) is 24.0 Å². The van der Waals surface area contributed by atoms with Crippen LogP contribution in [0.25, 0.3) is 0 Å². The summed E-state index contributed by atoms with van der Waals surface area (Å²) < 4.78 is 12.9. The number of rotatable bonds is 5. The first-order chi connectivity index (χ1) is 8.98. The molecule has 0 spiro atoms. The average molecular weight is 265 g/mol. The molecule has 1 rings (SSSR count). The molecular weight excluding hydrogens is 245 g/mol. The number of benzene rings is 1. The largest absolute Gasteiger partial charge is 0.384 e. The Morgan fingerprint density at radius 1 is 1.26 bits per heavy atom. The molecular formula is C15H20FNO2. The topological polar surface area (TPSA) is 43.7 Å². The molecule has 1 unspecified atom stereocenters. The van der Waals surface area contributed by atoms with E-state index in [2.05, 4.69) is 11.8 Å². The summed E-state index contributed by atoms with van der Waals surface area (Å²) in [7, 11) is 3.91. The summed E-state index contributed by atoms with van der Waals surface area (Å²) in [5, 5.41) is 19.4. The quantitative estimate of drug-likeness (QED) is 0.790. The van der Waals surface area contributed by atoms with Crippen LogP contribution in [-0.2, 0) is 5.60 Å². The third-order valence-corrected chi connectivity index (χ3v) is 2.84. The number of aliphatic hydroxyl groups excluding tert-OH is 1. The lowest BCUT2D eigenvalue weighted by Gasteiger charge is -2.23. The van der Waals surface area contributed by atoms with Crippen molar-refractivity contribution >= 4 is 0 Å². The number of nitrogens with zero attached hydrogens (tertiary/aromatic N) is 1. The summed E-state index contributed by atoms with van der Waals surface area (Å²) in [4.78, 5) is 2.02. The van der Waals surface area contributed by atoms with Crippen LogP contribution >= 0.6 is 0 Å². The fourth-order valence-electron chi connectivity index (χ4n) is 1.84. The van der Waals surface area contributed by atoms with E-state index in [4.69, 9.17) is 5.11 Å². The van der Waals surface area contributed by atoms with E-state index < -0.39 is 5.60 Å². The third kappa shape index (κ3) is 4.99. The molecule has 104 valence electrons. The van der Waals surface area contributed by atoms with Gasteiger partial charge >= 0.3 is 0 Å². The van der Waals surface area contributed by atoms with Gasteiger partial charge in [0.2, 0.25) is 0 Å². The van der Waals surface area contributed by atoms with Gasteiger partial charge in [-0.15, -0.1) is 0 Å². The van der Waals surface area contributed by atoms with E-state index in [0.29, 0.717) is 12.0 Å². The Morgan fingerprint density at radius 3 is 2.42 bits per heavy atom. The van der Waals surface area contributed by atoms with Gasteiger partial charge < -0.3 is 15.1 Å². The lowest BCUT2D eigenvalue weighted by atomic mass is 9.89. The first-order valence-electron chi connectivity index (χ1n) is 6.22. The van der Waals surface area contributed by atoms with Crippen molar-refractivity contribution in [2.24, 2.45) is 0 Å². The molecule has 1 aromatic rings. The van der Waals surface area contributed by atoms with Gasteiger partial charge in [-0.2, -0.15) is 0 Å². The number of halogens is 1. The van der Waals surface area contributed by atoms with E-state index in [9.17, 15) is 9.50 Å². The molecule has 0 heterocycles. The van der Waals surface area contributed by atoms with E-state index in [0.717, 1.165) is 13.0 Å². The zero-order valence-electron chi connectivity index (χ0n) is 11.4. The van der Waals surface area contributed by atoms with E-state index >= 15 is 0 Å². The van der Waals surface area contributed by atoms with Gasteiger partial charge in [0.05, 0.1) is 0 Å². The number of hydrogen-bond acceptors (Lipinski definition) is 3. The van der Waals surface area contributed by atoms with Crippen LogP contribution in [0.3, 0.4) is 0 Å². The van der Waals surface area contributed by atoms with Crippen LogP contribution in [-0.4, -0.2) is 42.4 Å². The van der Waals surface area contributed by atoms with Crippen molar-refractivity contribution in [1.82, 2.24) is 4.90 Å². The Labute approximate surface area is 113 Å². The maximum atomic E-state index is 12.9. The zero-order chi connectivity index (χ0) is 14.3. The molecule has 1 aromatic carbocycles. The summed E-state index contributed by atoms with van der Waals surface area (Å²) >= 11 is 0. The minimum absolute atomic E-state index is 0.308. The van der Waals surface area contributed by atoms with Crippen LogP contribution in [0.15, 0.2) is 24.3 Å². The molecule has 1 atom stereocenters. The van der Waals surface area contributed by atoms with Crippen LogP contribution in [0, 0.1) is 17.7 Å². The van der Waals surface area contributed by atoms with Crippen molar-refractivity contribution in [3.8, 4) is 11.8 Å². The molecule has 0 fully saturated rings. The van der Waals surface area contributed by atoms with Gasteiger partial charge in [-0.3, -0.25) is 0 Å². The normalized spacial score (nSPS) is 13.8. The average Bonchev–Trinajstić information content (AvgIpc) is 2.36. The fraction of sp³-hybridized carbons (Fsp3) is 0.467. The highest BCUT2D eigenvalue weighted by Crippen LogP contribution is 2.26. The van der Waals surface area contributed by atoms with Crippen molar-refractivity contribution < 1.29 is 14.6 Å². The zero-order valence-corrected chi connectivity index (χ0v) is 11.4. The van der Waals surface area contributed by atoms with Gasteiger partial charge in [0, 0.05) is 0 Å².